The topological polar surface area (TPSA) is 55.2 Å². The summed E-state index contributed by atoms with van der Waals surface area (Å²) in [4.78, 5) is 4.02. The minimum Gasteiger partial charge on any atom is -0.336 e. The van der Waals surface area contributed by atoms with Crippen molar-refractivity contribution < 1.29 is 8.42 Å². The van der Waals surface area contributed by atoms with Crippen LogP contribution in [0.1, 0.15) is 26.2 Å². The summed E-state index contributed by atoms with van der Waals surface area (Å²) >= 11 is 3.38. The first kappa shape index (κ1) is 14.0. The number of sulfonamides is 1. The number of alkyl halides is 1. The van der Waals surface area contributed by atoms with Crippen LogP contribution in [0.25, 0.3) is 0 Å². The molecule has 1 aliphatic heterocycles. The van der Waals surface area contributed by atoms with Crippen LogP contribution < -0.4 is 0 Å². The van der Waals surface area contributed by atoms with Crippen molar-refractivity contribution in [3.05, 3.63) is 12.5 Å². The van der Waals surface area contributed by atoms with E-state index in [9.17, 15) is 8.42 Å². The fraction of sp³-hybridized carbons (Fsp3) is 0.727. The van der Waals surface area contributed by atoms with Gasteiger partial charge in [-0.3, -0.25) is 0 Å². The molecule has 2 rings (SSSR count). The zero-order valence-corrected chi connectivity index (χ0v) is 12.8. The smallest absolute Gasteiger partial charge is 0.262 e. The van der Waals surface area contributed by atoms with E-state index in [1.165, 1.54) is 0 Å². The molecular weight excluding hydrogens is 318 g/mol. The second-order valence-electron chi connectivity index (χ2n) is 4.43. The lowest BCUT2D eigenvalue weighted by Gasteiger charge is -2.22. The number of hydrogen-bond acceptors (Lipinski definition) is 3. The van der Waals surface area contributed by atoms with Gasteiger partial charge in [-0.1, -0.05) is 15.9 Å². The predicted octanol–water partition coefficient (Wildman–Crippen LogP) is 1.84. The van der Waals surface area contributed by atoms with Crippen molar-refractivity contribution in [1.82, 2.24) is 13.9 Å². The molecule has 102 valence electrons. The Morgan fingerprint density at radius 2 is 2.33 bits per heavy atom. The van der Waals surface area contributed by atoms with E-state index < -0.39 is 10.0 Å². The lowest BCUT2D eigenvalue weighted by atomic mass is 10.2. The number of nitrogens with zero attached hydrogens (tertiary/aromatic N) is 3. The third-order valence-corrected chi connectivity index (χ3v) is 5.61. The highest BCUT2D eigenvalue weighted by atomic mass is 79.9. The molecule has 0 aliphatic carbocycles. The van der Waals surface area contributed by atoms with Gasteiger partial charge in [0.15, 0.2) is 5.03 Å². The number of aryl methyl sites for hydroxylation is 1. The number of halogens is 1. The molecule has 1 aromatic rings. The van der Waals surface area contributed by atoms with Gasteiger partial charge in [0.05, 0.1) is 6.33 Å². The van der Waals surface area contributed by atoms with Crippen molar-refractivity contribution in [3.63, 3.8) is 0 Å². The summed E-state index contributed by atoms with van der Waals surface area (Å²) in [5, 5.41) is 0.999. The van der Waals surface area contributed by atoms with Crippen LogP contribution in [0.4, 0.5) is 0 Å². The molecule has 0 spiro atoms. The maximum atomic E-state index is 12.5. The van der Waals surface area contributed by atoms with Crippen molar-refractivity contribution in [2.75, 3.05) is 11.9 Å². The summed E-state index contributed by atoms with van der Waals surface area (Å²) in [7, 11) is -3.42. The van der Waals surface area contributed by atoms with Gasteiger partial charge < -0.3 is 4.57 Å². The largest absolute Gasteiger partial charge is 0.336 e. The Bertz CT molecular complexity index is 500. The Morgan fingerprint density at radius 1 is 1.56 bits per heavy atom. The van der Waals surface area contributed by atoms with Crippen molar-refractivity contribution in [3.8, 4) is 0 Å². The third kappa shape index (κ3) is 2.62. The van der Waals surface area contributed by atoms with Crippen LogP contribution in [0.15, 0.2) is 17.6 Å². The molecule has 1 unspecified atom stereocenters. The van der Waals surface area contributed by atoms with Gasteiger partial charge >= 0.3 is 0 Å². The summed E-state index contributed by atoms with van der Waals surface area (Å²) in [5.74, 6) is 0. The normalized spacial score (nSPS) is 21.6. The van der Waals surface area contributed by atoms with Crippen LogP contribution in [0.2, 0.25) is 0 Å². The predicted molar refractivity (Wildman–Crippen MR) is 73.2 cm³/mol. The average molecular weight is 336 g/mol. The molecule has 1 fully saturated rings. The van der Waals surface area contributed by atoms with Gasteiger partial charge in [-0.2, -0.15) is 4.31 Å². The second-order valence-corrected chi connectivity index (χ2v) is 7.06. The molecule has 1 atom stereocenters. The molecule has 0 saturated carbocycles. The summed E-state index contributed by atoms with van der Waals surface area (Å²) in [6.45, 7) is 3.30. The molecule has 0 N–H and O–H groups in total. The van der Waals surface area contributed by atoms with Crippen LogP contribution in [0.3, 0.4) is 0 Å². The zero-order valence-electron chi connectivity index (χ0n) is 10.4. The van der Waals surface area contributed by atoms with E-state index in [2.05, 4.69) is 20.9 Å². The molecule has 5 nitrogen and oxygen atoms in total. The Labute approximate surface area is 116 Å². The van der Waals surface area contributed by atoms with Crippen LogP contribution in [0.5, 0.6) is 0 Å². The molecule has 0 bridgehead atoms. The van der Waals surface area contributed by atoms with E-state index in [1.54, 1.807) is 21.4 Å². The number of imidazole rings is 1. The molecular formula is C11H18BrN3O2S. The fourth-order valence-corrected chi connectivity index (χ4v) is 4.50. The highest BCUT2D eigenvalue weighted by molar-refractivity contribution is 9.09. The van der Waals surface area contributed by atoms with Crippen molar-refractivity contribution >= 4 is 26.0 Å². The lowest BCUT2D eigenvalue weighted by Crippen LogP contribution is -2.35. The van der Waals surface area contributed by atoms with Gasteiger partial charge in [0.25, 0.3) is 10.0 Å². The minimum absolute atomic E-state index is 0.112. The van der Waals surface area contributed by atoms with Gasteiger partial charge in [-0.05, 0) is 26.2 Å². The molecule has 7 heteroatoms. The molecule has 2 heterocycles. The molecule has 1 aromatic heterocycles. The number of aromatic nitrogens is 2. The first-order valence-corrected chi connectivity index (χ1v) is 8.75. The second kappa shape index (κ2) is 5.71. The van der Waals surface area contributed by atoms with Crippen LogP contribution in [0, 0.1) is 0 Å². The Balaban J connectivity index is 2.24. The number of hydrogen-bond donors (Lipinski definition) is 0. The quantitative estimate of drug-likeness (QED) is 0.771. The van der Waals surface area contributed by atoms with Gasteiger partial charge in [-0.25, -0.2) is 13.4 Å². The van der Waals surface area contributed by atoms with E-state index in [0.29, 0.717) is 6.54 Å². The fourth-order valence-electron chi connectivity index (χ4n) is 2.31. The molecule has 0 aromatic carbocycles. The van der Waals surface area contributed by atoms with E-state index in [1.807, 2.05) is 6.92 Å². The van der Waals surface area contributed by atoms with Gasteiger partial charge in [0, 0.05) is 30.7 Å². The third-order valence-electron chi connectivity index (χ3n) is 3.31. The zero-order chi connectivity index (χ0) is 13.2. The monoisotopic (exact) mass is 335 g/mol. The standard InChI is InChI=1S/C11H18BrN3O2S/c1-2-14-8-11(13-9-14)18(16,17)15-7-3-4-10(15)5-6-12/h8-10H,2-7H2,1H3. The van der Waals surface area contributed by atoms with Gasteiger partial charge in [0.1, 0.15) is 0 Å². The van der Waals surface area contributed by atoms with Crippen LogP contribution >= 0.6 is 15.9 Å². The highest BCUT2D eigenvalue weighted by Crippen LogP contribution is 2.27. The maximum absolute atomic E-state index is 12.5. The molecule has 0 radical (unpaired) electrons. The van der Waals surface area contributed by atoms with Crippen molar-refractivity contribution in [2.24, 2.45) is 0 Å². The van der Waals surface area contributed by atoms with Crippen LogP contribution in [-0.4, -0.2) is 40.2 Å². The minimum atomic E-state index is -3.42. The van der Waals surface area contributed by atoms with Crippen molar-refractivity contribution in [2.45, 2.75) is 43.8 Å². The maximum Gasteiger partial charge on any atom is 0.262 e. The van der Waals surface area contributed by atoms with Crippen LogP contribution in [-0.2, 0) is 16.6 Å². The summed E-state index contributed by atoms with van der Waals surface area (Å²) in [6, 6.07) is 0.112. The Hall–Kier alpha value is -0.400. The van der Waals surface area contributed by atoms with E-state index in [4.69, 9.17) is 0 Å². The SMILES string of the molecule is CCn1cnc(S(=O)(=O)N2CCCC2CCBr)c1. The Morgan fingerprint density at radius 3 is 2.94 bits per heavy atom. The average Bonchev–Trinajstić information content (AvgIpc) is 2.97. The molecule has 18 heavy (non-hydrogen) atoms. The van der Waals surface area contributed by atoms with E-state index >= 15 is 0 Å². The van der Waals surface area contributed by atoms with E-state index in [0.717, 1.165) is 31.1 Å². The highest BCUT2D eigenvalue weighted by Gasteiger charge is 2.35. The Kier molecular flexibility index (Phi) is 4.45. The summed E-state index contributed by atoms with van der Waals surface area (Å²) < 4.78 is 28.4. The van der Waals surface area contributed by atoms with Gasteiger partial charge in [0.2, 0.25) is 0 Å². The summed E-state index contributed by atoms with van der Waals surface area (Å²) in [5.41, 5.74) is 0. The first-order valence-electron chi connectivity index (χ1n) is 6.19. The van der Waals surface area contributed by atoms with Crippen molar-refractivity contribution in [1.29, 1.82) is 0 Å². The van der Waals surface area contributed by atoms with Gasteiger partial charge in [-0.15, -0.1) is 0 Å². The lowest BCUT2D eigenvalue weighted by molar-refractivity contribution is 0.380. The molecule has 1 saturated heterocycles. The number of rotatable bonds is 5. The van der Waals surface area contributed by atoms with E-state index in [-0.39, 0.29) is 11.1 Å². The first-order chi connectivity index (χ1) is 8.59. The summed E-state index contributed by atoms with van der Waals surface area (Å²) in [6.07, 6.45) is 5.92. The molecule has 1 aliphatic rings. The molecule has 0 amide bonds.